The fourth-order valence-electron chi connectivity index (χ4n) is 7.79. The van der Waals surface area contributed by atoms with E-state index < -0.39 is 0 Å². The molecule has 4 fully saturated rings. The zero-order valence-corrected chi connectivity index (χ0v) is 15.9. The average Bonchev–Trinajstić information content (AvgIpc) is 2.89. The van der Waals surface area contributed by atoms with E-state index >= 15 is 0 Å². The van der Waals surface area contributed by atoms with Crippen LogP contribution in [0.1, 0.15) is 50.2 Å². The van der Waals surface area contributed by atoms with Crippen LogP contribution in [0.25, 0.3) is 0 Å². The Labute approximate surface area is 156 Å². The summed E-state index contributed by atoms with van der Waals surface area (Å²) in [6.07, 6.45) is 9.31. The second-order valence-electron chi connectivity index (χ2n) is 9.44. The van der Waals surface area contributed by atoms with Crippen LogP contribution in [0.3, 0.4) is 0 Å². The first-order chi connectivity index (χ1) is 12.7. The Balaban J connectivity index is 1.57. The SMILES string of the molecule is Cc1ccccc1N1c2ncccc2C2(C3CC4CC(C3)CC2C4)C1C. The van der Waals surface area contributed by atoms with Gasteiger partial charge in [-0.25, -0.2) is 4.98 Å². The summed E-state index contributed by atoms with van der Waals surface area (Å²) in [6.45, 7) is 4.74. The lowest BCUT2D eigenvalue weighted by Crippen LogP contribution is -2.60. The number of aryl methyl sites for hydroxylation is 1. The number of rotatable bonds is 1. The number of anilines is 2. The van der Waals surface area contributed by atoms with Crippen LogP contribution >= 0.6 is 0 Å². The predicted octanol–water partition coefficient (Wildman–Crippen LogP) is 5.62. The van der Waals surface area contributed by atoms with Crippen molar-refractivity contribution in [2.75, 3.05) is 4.90 Å². The molecule has 4 aliphatic carbocycles. The molecule has 0 amide bonds. The molecule has 1 aromatic carbocycles. The summed E-state index contributed by atoms with van der Waals surface area (Å²) in [5.41, 5.74) is 4.59. The number of fused-ring (bicyclic) bond motifs is 1. The Morgan fingerprint density at radius 1 is 0.923 bits per heavy atom. The number of aromatic nitrogens is 1. The Morgan fingerprint density at radius 3 is 2.31 bits per heavy atom. The molecule has 0 N–H and O–H groups in total. The second kappa shape index (κ2) is 5.12. The van der Waals surface area contributed by atoms with E-state index in [0.29, 0.717) is 11.5 Å². The summed E-state index contributed by atoms with van der Waals surface area (Å²) in [7, 11) is 0. The summed E-state index contributed by atoms with van der Waals surface area (Å²) in [4.78, 5) is 7.53. The zero-order valence-electron chi connectivity index (χ0n) is 15.9. The van der Waals surface area contributed by atoms with Gasteiger partial charge < -0.3 is 4.90 Å². The van der Waals surface area contributed by atoms with Crippen LogP contribution in [0.2, 0.25) is 0 Å². The highest BCUT2D eigenvalue weighted by atomic mass is 15.3. The van der Waals surface area contributed by atoms with Crippen LogP contribution in [0.4, 0.5) is 11.5 Å². The van der Waals surface area contributed by atoms with Crippen molar-refractivity contribution in [3.05, 3.63) is 53.7 Å². The molecule has 7 rings (SSSR count). The molecule has 2 aromatic rings. The van der Waals surface area contributed by atoms with Crippen molar-refractivity contribution in [2.45, 2.75) is 57.4 Å². The lowest BCUT2D eigenvalue weighted by atomic mass is 9.43. The molecular weight excluding hydrogens is 316 g/mol. The molecule has 1 aliphatic heterocycles. The van der Waals surface area contributed by atoms with Gasteiger partial charge in [-0.3, -0.25) is 0 Å². The minimum absolute atomic E-state index is 0.319. The highest BCUT2D eigenvalue weighted by Gasteiger charge is 2.64. The molecular formula is C24H28N2. The molecule has 2 nitrogen and oxygen atoms in total. The first-order valence-electron chi connectivity index (χ1n) is 10.5. The molecule has 5 aliphatic rings. The maximum Gasteiger partial charge on any atom is 0.137 e. The number of nitrogens with zero attached hydrogens (tertiary/aromatic N) is 2. The van der Waals surface area contributed by atoms with Gasteiger partial charge in [0.2, 0.25) is 0 Å². The van der Waals surface area contributed by atoms with E-state index in [-0.39, 0.29) is 0 Å². The van der Waals surface area contributed by atoms with E-state index in [4.69, 9.17) is 4.98 Å². The van der Waals surface area contributed by atoms with Gasteiger partial charge in [-0.05, 0) is 87.3 Å². The monoisotopic (exact) mass is 344 g/mol. The lowest BCUT2D eigenvalue weighted by molar-refractivity contribution is -0.0654. The largest absolute Gasteiger partial charge is 0.322 e. The van der Waals surface area contributed by atoms with Crippen molar-refractivity contribution < 1.29 is 0 Å². The third kappa shape index (κ3) is 1.71. The number of benzene rings is 1. The van der Waals surface area contributed by atoms with Gasteiger partial charge in [0.15, 0.2) is 0 Å². The maximum atomic E-state index is 4.94. The van der Waals surface area contributed by atoms with Crippen molar-refractivity contribution in [3.8, 4) is 0 Å². The Morgan fingerprint density at radius 2 is 1.62 bits per heavy atom. The highest BCUT2D eigenvalue weighted by Crippen LogP contribution is 2.68. The predicted molar refractivity (Wildman–Crippen MR) is 106 cm³/mol. The third-order valence-corrected chi connectivity index (χ3v) is 8.42. The normalized spacial score (nSPS) is 39.6. The van der Waals surface area contributed by atoms with Crippen LogP contribution < -0.4 is 4.90 Å². The molecule has 0 radical (unpaired) electrons. The first kappa shape index (κ1) is 15.2. The summed E-state index contributed by atoms with van der Waals surface area (Å²) >= 11 is 0. The van der Waals surface area contributed by atoms with Crippen LogP contribution in [-0.4, -0.2) is 11.0 Å². The van der Waals surface area contributed by atoms with Gasteiger partial charge in [0, 0.05) is 28.9 Å². The summed E-state index contributed by atoms with van der Waals surface area (Å²) in [5.74, 6) is 4.95. The molecule has 2 heteroatoms. The second-order valence-corrected chi connectivity index (χ2v) is 9.44. The van der Waals surface area contributed by atoms with Gasteiger partial charge in [0.1, 0.15) is 5.82 Å². The zero-order chi connectivity index (χ0) is 17.5. The smallest absolute Gasteiger partial charge is 0.137 e. The van der Waals surface area contributed by atoms with Crippen molar-refractivity contribution in [2.24, 2.45) is 23.7 Å². The topological polar surface area (TPSA) is 16.1 Å². The van der Waals surface area contributed by atoms with Crippen LogP contribution in [-0.2, 0) is 5.41 Å². The van der Waals surface area contributed by atoms with E-state index in [9.17, 15) is 0 Å². The maximum absolute atomic E-state index is 4.94. The van der Waals surface area contributed by atoms with E-state index in [2.05, 4.69) is 55.1 Å². The molecule has 4 bridgehead atoms. The van der Waals surface area contributed by atoms with Gasteiger partial charge in [-0.15, -0.1) is 0 Å². The summed E-state index contributed by atoms with van der Waals surface area (Å²) in [6, 6.07) is 14.0. The van der Waals surface area contributed by atoms with Crippen molar-refractivity contribution in [1.82, 2.24) is 4.98 Å². The highest BCUT2D eigenvalue weighted by molar-refractivity contribution is 5.73. The molecule has 2 heterocycles. The molecule has 1 unspecified atom stereocenters. The Hall–Kier alpha value is -1.83. The lowest BCUT2D eigenvalue weighted by Gasteiger charge is -2.62. The van der Waals surface area contributed by atoms with E-state index in [0.717, 1.165) is 23.7 Å². The van der Waals surface area contributed by atoms with Crippen LogP contribution in [0.15, 0.2) is 42.6 Å². The van der Waals surface area contributed by atoms with Gasteiger partial charge in [0.05, 0.1) is 0 Å². The fourth-order valence-corrected chi connectivity index (χ4v) is 7.79. The number of hydrogen-bond acceptors (Lipinski definition) is 2. The Bertz CT molecular complexity index is 842. The molecule has 1 spiro atoms. The van der Waals surface area contributed by atoms with Crippen LogP contribution in [0, 0.1) is 30.6 Å². The molecule has 1 atom stereocenters. The summed E-state index contributed by atoms with van der Waals surface area (Å²) < 4.78 is 0. The van der Waals surface area contributed by atoms with Crippen molar-refractivity contribution in [3.63, 3.8) is 0 Å². The summed E-state index contributed by atoms with van der Waals surface area (Å²) in [5, 5.41) is 0. The van der Waals surface area contributed by atoms with E-state index in [1.165, 1.54) is 49.2 Å². The van der Waals surface area contributed by atoms with Gasteiger partial charge in [-0.2, -0.15) is 0 Å². The number of hydrogen-bond donors (Lipinski definition) is 0. The minimum atomic E-state index is 0.319. The van der Waals surface area contributed by atoms with Gasteiger partial charge in [-0.1, -0.05) is 24.3 Å². The first-order valence-corrected chi connectivity index (χ1v) is 10.5. The van der Waals surface area contributed by atoms with Gasteiger partial charge in [0.25, 0.3) is 0 Å². The number of pyridine rings is 1. The minimum Gasteiger partial charge on any atom is -0.322 e. The van der Waals surface area contributed by atoms with Crippen molar-refractivity contribution in [1.29, 1.82) is 0 Å². The average molecular weight is 345 g/mol. The molecule has 4 saturated carbocycles. The van der Waals surface area contributed by atoms with E-state index in [1.807, 2.05) is 6.20 Å². The quantitative estimate of drug-likeness (QED) is 0.667. The molecule has 0 saturated heterocycles. The van der Waals surface area contributed by atoms with E-state index in [1.54, 1.807) is 5.56 Å². The molecule has 26 heavy (non-hydrogen) atoms. The fraction of sp³-hybridized carbons (Fsp3) is 0.542. The Kier molecular flexibility index (Phi) is 3.00. The molecule has 134 valence electrons. The molecule has 1 aromatic heterocycles. The van der Waals surface area contributed by atoms with Crippen LogP contribution in [0.5, 0.6) is 0 Å². The standard InChI is InChI=1S/C24H28N2/c1-15-6-3-4-8-22(15)26-16(2)24(21-7-5-9-25-23(21)26)19-11-17-10-18(13-19)14-20(24)12-17/h3-9,16-20H,10-14H2,1-2H3. The van der Waals surface area contributed by atoms with Crippen molar-refractivity contribution >= 4 is 11.5 Å². The van der Waals surface area contributed by atoms with Gasteiger partial charge >= 0.3 is 0 Å². The number of para-hydroxylation sites is 1. The third-order valence-electron chi connectivity index (χ3n) is 8.42.